The monoisotopic (exact) mass is 214 g/mol. The quantitative estimate of drug-likeness (QED) is 0.833. The van der Waals surface area contributed by atoms with Gasteiger partial charge in [0.05, 0.1) is 6.20 Å². The zero-order valence-corrected chi connectivity index (χ0v) is 9.47. The number of rotatable bonds is 4. The van der Waals surface area contributed by atoms with Crippen molar-refractivity contribution in [3.8, 4) is 0 Å². The van der Waals surface area contributed by atoms with E-state index in [0.29, 0.717) is 11.0 Å². The summed E-state index contributed by atoms with van der Waals surface area (Å²) in [5.74, 6) is 1.36. The first-order valence-corrected chi connectivity index (χ1v) is 4.98. The average Bonchev–Trinajstić information content (AvgIpc) is 2.19. The predicted molar refractivity (Wildman–Crippen MR) is 60.1 cm³/mol. The molecule has 0 aromatic carbocycles. The summed E-state index contributed by atoms with van der Waals surface area (Å²) in [5.41, 5.74) is 0. The Labute approximate surface area is 89.3 Å². The first-order chi connectivity index (χ1) is 6.69. The van der Waals surface area contributed by atoms with Crippen LogP contribution in [0.4, 0.5) is 11.8 Å². The van der Waals surface area contributed by atoms with Gasteiger partial charge in [0.1, 0.15) is 5.02 Å². The Morgan fingerprint density at radius 1 is 1.57 bits per heavy atom. The Morgan fingerprint density at radius 3 is 2.86 bits per heavy atom. The van der Waals surface area contributed by atoms with E-state index >= 15 is 0 Å². The van der Waals surface area contributed by atoms with E-state index in [9.17, 15) is 0 Å². The van der Waals surface area contributed by atoms with E-state index in [0.717, 1.165) is 18.8 Å². The van der Waals surface area contributed by atoms with Crippen LogP contribution in [-0.4, -0.2) is 30.6 Å². The van der Waals surface area contributed by atoms with Gasteiger partial charge in [0.15, 0.2) is 5.82 Å². The fourth-order valence-corrected chi connectivity index (χ4v) is 1.42. The highest BCUT2D eigenvalue weighted by molar-refractivity contribution is 6.32. The van der Waals surface area contributed by atoms with Crippen molar-refractivity contribution < 1.29 is 0 Å². The highest BCUT2D eigenvalue weighted by Crippen LogP contribution is 2.22. The van der Waals surface area contributed by atoms with E-state index in [1.54, 1.807) is 13.2 Å². The SMILES string of the molecule is CCCN(C)c1nc(NC)ncc1Cl. The van der Waals surface area contributed by atoms with Gasteiger partial charge in [-0.2, -0.15) is 4.98 Å². The van der Waals surface area contributed by atoms with Crippen molar-refractivity contribution in [2.75, 3.05) is 30.9 Å². The minimum atomic E-state index is 0.583. The molecule has 0 amide bonds. The molecular weight excluding hydrogens is 200 g/mol. The zero-order valence-electron chi connectivity index (χ0n) is 8.71. The van der Waals surface area contributed by atoms with Crippen LogP contribution in [-0.2, 0) is 0 Å². The molecule has 0 aliphatic carbocycles. The van der Waals surface area contributed by atoms with Crippen LogP contribution in [0.5, 0.6) is 0 Å². The van der Waals surface area contributed by atoms with Gasteiger partial charge < -0.3 is 10.2 Å². The van der Waals surface area contributed by atoms with Gasteiger partial charge in [-0.3, -0.25) is 0 Å². The maximum Gasteiger partial charge on any atom is 0.224 e. The summed E-state index contributed by atoms with van der Waals surface area (Å²) in [4.78, 5) is 10.3. The van der Waals surface area contributed by atoms with Crippen molar-refractivity contribution in [2.24, 2.45) is 0 Å². The van der Waals surface area contributed by atoms with Crippen LogP contribution in [0.3, 0.4) is 0 Å². The molecule has 5 heteroatoms. The predicted octanol–water partition coefficient (Wildman–Crippen LogP) is 2.02. The van der Waals surface area contributed by atoms with E-state index in [4.69, 9.17) is 11.6 Å². The highest BCUT2D eigenvalue weighted by atomic mass is 35.5. The second-order valence-electron chi connectivity index (χ2n) is 3.04. The fraction of sp³-hybridized carbons (Fsp3) is 0.556. The molecule has 4 nitrogen and oxygen atoms in total. The van der Waals surface area contributed by atoms with Crippen LogP contribution < -0.4 is 10.2 Å². The highest BCUT2D eigenvalue weighted by Gasteiger charge is 2.08. The van der Waals surface area contributed by atoms with Crippen molar-refractivity contribution in [1.82, 2.24) is 9.97 Å². The Morgan fingerprint density at radius 2 is 2.29 bits per heavy atom. The average molecular weight is 215 g/mol. The third-order valence-corrected chi connectivity index (χ3v) is 2.14. The lowest BCUT2D eigenvalue weighted by Gasteiger charge is -2.18. The van der Waals surface area contributed by atoms with E-state index in [2.05, 4.69) is 22.2 Å². The number of nitrogens with zero attached hydrogens (tertiary/aromatic N) is 3. The van der Waals surface area contributed by atoms with E-state index in [-0.39, 0.29) is 0 Å². The Bertz CT molecular complexity index is 303. The van der Waals surface area contributed by atoms with Gasteiger partial charge in [-0.15, -0.1) is 0 Å². The summed E-state index contributed by atoms with van der Waals surface area (Å²) >= 11 is 5.99. The minimum absolute atomic E-state index is 0.583. The lowest BCUT2D eigenvalue weighted by molar-refractivity contribution is 0.835. The van der Waals surface area contributed by atoms with Crippen molar-refractivity contribution in [3.05, 3.63) is 11.2 Å². The maximum atomic E-state index is 5.99. The van der Waals surface area contributed by atoms with E-state index < -0.39 is 0 Å². The van der Waals surface area contributed by atoms with Gasteiger partial charge in [0, 0.05) is 20.6 Å². The summed E-state index contributed by atoms with van der Waals surface area (Å²) in [7, 11) is 3.75. The largest absolute Gasteiger partial charge is 0.358 e. The molecule has 0 saturated heterocycles. The van der Waals surface area contributed by atoms with Crippen molar-refractivity contribution >= 4 is 23.4 Å². The van der Waals surface area contributed by atoms with E-state index in [1.807, 2.05) is 11.9 Å². The molecule has 0 spiro atoms. The van der Waals surface area contributed by atoms with Crippen LogP contribution >= 0.6 is 11.6 Å². The Balaban J connectivity index is 2.93. The van der Waals surface area contributed by atoms with Crippen LogP contribution in [0, 0.1) is 0 Å². The molecule has 0 fully saturated rings. The smallest absolute Gasteiger partial charge is 0.224 e. The maximum absolute atomic E-state index is 5.99. The number of hydrogen-bond donors (Lipinski definition) is 1. The minimum Gasteiger partial charge on any atom is -0.358 e. The molecule has 0 radical (unpaired) electrons. The molecule has 1 N–H and O–H groups in total. The molecule has 1 heterocycles. The van der Waals surface area contributed by atoms with Crippen LogP contribution in [0.15, 0.2) is 6.20 Å². The Hall–Kier alpha value is -1.03. The fourth-order valence-electron chi connectivity index (χ4n) is 1.19. The lowest BCUT2D eigenvalue weighted by atomic mass is 10.4. The van der Waals surface area contributed by atoms with Crippen molar-refractivity contribution in [2.45, 2.75) is 13.3 Å². The van der Waals surface area contributed by atoms with Crippen LogP contribution in [0.25, 0.3) is 0 Å². The first-order valence-electron chi connectivity index (χ1n) is 4.60. The lowest BCUT2D eigenvalue weighted by Crippen LogP contribution is -2.20. The van der Waals surface area contributed by atoms with Gasteiger partial charge in [-0.25, -0.2) is 4.98 Å². The second-order valence-corrected chi connectivity index (χ2v) is 3.44. The molecule has 0 unspecified atom stereocenters. The topological polar surface area (TPSA) is 41.1 Å². The number of aromatic nitrogens is 2. The molecule has 0 atom stereocenters. The second kappa shape index (κ2) is 5.00. The molecule has 1 aromatic rings. The number of halogens is 1. The third-order valence-electron chi connectivity index (χ3n) is 1.87. The van der Waals surface area contributed by atoms with Crippen molar-refractivity contribution in [1.29, 1.82) is 0 Å². The number of hydrogen-bond acceptors (Lipinski definition) is 4. The van der Waals surface area contributed by atoms with Crippen LogP contribution in [0.2, 0.25) is 5.02 Å². The van der Waals surface area contributed by atoms with Crippen LogP contribution in [0.1, 0.15) is 13.3 Å². The third kappa shape index (κ3) is 2.48. The molecule has 1 rings (SSSR count). The standard InChI is InChI=1S/C9H15ClN4/c1-4-5-14(3)8-7(10)6-12-9(11-2)13-8/h6H,4-5H2,1-3H3,(H,11,12,13). The van der Waals surface area contributed by atoms with Gasteiger partial charge in [-0.05, 0) is 6.42 Å². The summed E-state index contributed by atoms with van der Waals surface area (Å²) in [6, 6.07) is 0. The summed E-state index contributed by atoms with van der Waals surface area (Å²) in [6.07, 6.45) is 2.67. The number of anilines is 2. The van der Waals surface area contributed by atoms with E-state index in [1.165, 1.54) is 0 Å². The summed E-state index contributed by atoms with van der Waals surface area (Å²) in [6.45, 7) is 3.05. The van der Waals surface area contributed by atoms with Crippen molar-refractivity contribution in [3.63, 3.8) is 0 Å². The van der Waals surface area contributed by atoms with Gasteiger partial charge in [-0.1, -0.05) is 18.5 Å². The molecule has 14 heavy (non-hydrogen) atoms. The summed E-state index contributed by atoms with van der Waals surface area (Å²) in [5, 5.41) is 3.47. The molecular formula is C9H15ClN4. The molecule has 1 aromatic heterocycles. The molecule has 0 saturated carbocycles. The zero-order chi connectivity index (χ0) is 10.6. The molecule has 78 valence electrons. The molecule has 0 aliphatic rings. The summed E-state index contributed by atoms with van der Waals surface area (Å²) < 4.78 is 0. The number of nitrogens with one attached hydrogen (secondary N) is 1. The first kappa shape index (κ1) is 11.0. The van der Waals surface area contributed by atoms with Gasteiger partial charge in [0.25, 0.3) is 0 Å². The normalized spacial score (nSPS) is 10.0. The Kier molecular flexibility index (Phi) is 3.95. The van der Waals surface area contributed by atoms with Gasteiger partial charge in [0.2, 0.25) is 5.95 Å². The molecule has 0 aliphatic heterocycles. The van der Waals surface area contributed by atoms with Gasteiger partial charge >= 0.3 is 0 Å². The molecule has 0 bridgehead atoms.